The van der Waals surface area contributed by atoms with Gasteiger partial charge in [0.15, 0.2) is 0 Å². The molecule has 1 aromatic carbocycles. The number of benzene rings is 1. The first-order valence-electron chi connectivity index (χ1n) is 7.08. The van der Waals surface area contributed by atoms with Crippen LogP contribution in [0.1, 0.15) is 29.7 Å². The lowest BCUT2D eigenvalue weighted by molar-refractivity contribution is -0.143. The molecular formula is C16H19F6NOP+. The van der Waals surface area contributed by atoms with Gasteiger partial charge in [-0.1, -0.05) is 6.58 Å². The van der Waals surface area contributed by atoms with E-state index < -0.39 is 42.4 Å². The fraction of sp³-hybridized carbons (Fsp3) is 0.438. The molecular weight excluding hydrogens is 367 g/mol. The van der Waals surface area contributed by atoms with E-state index in [1.807, 2.05) is 0 Å². The summed E-state index contributed by atoms with van der Waals surface area (Å²) in [7, 11) is -0.970. The minimum atomic E-state index is -4.90. The maximum atomic E-state index is 12.9. The predicted molar refractivity (Wildman–Crippen MR) is 87.9 cm³/mol. The van der Waals surface area contributed by atoms with Crippen molar-refractivity contribution in [3.8, 4) is 0 Å². The van der Waals surface area contributed by atoms with Gasteiger partial charge in [0, 0.05) is 0 Å². The van der Waals surface area contributed by atoms with Crippen LogP contribution in [0.25, 0.3) is 0 Å². The molecule has 0 heterocycles. The summed E-state index contributed by atoms with van der Waals surface area (Å²) in [6, 6.07) is 1.37. The van der Waals surface area contributed by atoms with Crippen LogP contribution < -0.4 is 5.73 Å². The van der Waals surface area contributed by atoms with E-state index in [-0.39, 0.29) is 18.2 Å². The van der Waals surface area contributed by atoms with E-state index in [1.165, 1.54) is 13.0 Å². The molecule has 0 aliphatic heterocycles. The average Bonchev–Trinajstić information content (AvgIpc) is 2.49. The first-order valence-corrected chi connectivity index (χ1v) is 9.06. The predicted octanol–water partition coefficient (Wildman–Crippen LogP) is 5.19. The standard InChI is InChI=1S/C16H19F6NOP/c1-5-14(23,25(3)4)9-24-10(2)11-6-12(15(17,18)19)8-13(7-11)16(20,21)22/h5-8,10H,1,3,9,23H2,2,4H3/q+1. The Balaban J connectivity index is 3.19. The molecule has 0 aliphatic carbocycles. The lowest BCUT2D eigenvalue weighted by Crippen LogP contribution is -2.38. The molecule has 1 rings (SSSR count). The van der Waals surface area contributed by atoms with E-state index in [4.69, 9.17) is 10.5 Å². The number of halogens is 6. The zero-order valence-electron chi connectivity index (χ0n) is 13.7. The van der Waals surface area contributed by atoms with Gasteiger partial charge in [0.2, 0.25) is 5.28 Å². The van der Waals surface area contributed by atoms with Crippen LogP contribution in [0.2, 0.25) is 0 Å². The highest BCUT2D eigenvalue weighted by Gasteiger charge is 2.38. The van der Waals surface area contributed by atoms with Gasteiger partial charge in [-0.3, -0.25) is 5.73 Å². The normalized spacial score (nSPS) is 16.9. The Morgan fingerprint density at radius 2 is 1.56 bits per heavy atom. The molecule has 25 heavy (non-hydrogen) atoms. The SMILES string of the molecule is C=CC(N)(COC(C)c1cc(C(F)(F)F)cc(C(F)(F)F)c1)[P+](=C)C. The summed E-state index contributed by atoms with van der Waals surface area (Å²) in [5, 5.41) is -0.988. The highest BCUT2D eigenvalue weighted by molar-refractivity contribution is 7.56. The van der Waals surface area contributed by atoms with E-state index in [9.17, 15) is 26.3 Å². The molecule has 140 valence electrons. The van der Waals surface area contributed by atoms with Crippen molar-refractivity contribution in [2.45, 2.75) is 30.7 Å². The minimum absolute atomic E-state index is 0.0778. The summed E-state index contributed by atoms with van der Waals surface area (Å²) < 4.78 is 82.8. The first-order chi connectivity index (χ1) is 11.2. The van der Waals surface area contributed by atoms with Gasteiger partial charge in [-0.25, -0.2) is 0 Å². The molecule has 1 aromatic rings. The van der Waals surface area contributed by atoms with Gasteiger partial charge >= 0.3 is 12.4 Å². The van der Waals surface area contributed by atoms with E-state index in [0.717, 1.165) is 0 Å². The van der Waals surface area contributed by atoms with Gasteiger partial charge in [-0.05, 0) is 36.8 Å². The minimum Gasteiger partial charge on any atom is -0.367 e. The molecule has 0 amide bonds. The Morgan fingerprint density at radius 1 is 1.12 bits per heavy atom. The summed E-state index contributed by atoms with van der Waals surface area (Å²) in [6.45, 7) is 6.57. The highest BCUT2D eigenvalue weighted by atomic mass is 31.1. The molecule has 0 bridgehead atoms. The molecule has 3 unspecified atom stereocenters. The van der Waals surface area contributed by atoms with E-state index in [2.05, 4.69) is 12.9 Å². The van der Waals surface area contributed by atoms with Crippen LogP contribution in [-0.2, 0) is 17.1 Å². The van der Waals surface area contributed by atoms with Crippen LogP contribution in [0, 0.1) is 0 Å². The Labute approximate surface area is 143 Å². The van der Waals surface area contributed by atoms with Crippen molar-refractivity contribution < 1.29 is 31.1 Å². The zero-order valence-corrected chi connectivity index (χ0v) is 14.6. The van der Waals surface area contributed by atoms with Crippen LogP contribution in [0.15, 0.2) is 30.9 Å². The molecule has 9 heteroatoms. The van der Waals surface area contributed by atoms with Crippen molar-refractivity contribution >= 4 is 13.8 Å². The van der Waals surface area contributed by atoms with Crippen LogP contribution in [0.4, 0.5) is 26.3 Å². The molecule has 0 saturated carbocycles. The topological polar surface area (TPSA) is 35.2 Å². The highest BCUT2D eigenvalue weighted by Crippen LogP contribution is 2.38. The Hall–Kier alpha value is -1.37. The second-order valence-corrected chi connectivity index (χ2v) is 7.91. The van der Waals surface area contributed by atoms with E-state index in [0.29, 0.717) is 12.1 Å². The zero-order chi connectivity index (χ0) is 19.6. The van der Waals surface area contributed by atoms with Gasteiger partial charge < -0.3 is 4.74 Å². The lowest BCUT2D eigenvalue weighted by Gasteiger charge is -2.22. The number of rotatable bonds is 6. The Morgan fingerprint density at radius 3 is 1.88 bits per heavy atom. The smallest absolute Gasteiger partial charge is 0.367 e. The number of hydrogen-bond acceptors (Lipinski definition) is 2. The fourth-order valence-electron chi connectivity index (χ4n) is 1.89. The van der Waals surface area contributed by atoms with Crippen molar-refractivity contribution in [1.29, 1.82) is 0 Å². The number of nitrogens with two attached hydrogens (primary N) is 1. The molecule has 0 fully saturated rings. The lowest BCUT2D eigenvalue weighted by atomic mass is 10.0. The van der Waals surface area contributed by atoms with Crippen molar-refractivity contribution in [3.63, 3.8) is 0 Å². The quantitative estimate of drug-likeness (QED) is 0.415. The molecule has 0 aliphatic rings. The third kappa shape index (κ3) is 5.56. The van der Waals surface area contributed by atoms with Gasteiger partial charge in [0.1, 0.15) is 14.2 Å². The molecule has 0 saturated heterocycles. The van der Waals surface area contributed by atoms with Gasteiger partial charge in [-0.15, -0.1) is 0 Å². The molecule has 0 spiro atoms. The summed E-state index contributed by atoms with van der Waals surface area (Å²) in [5.74, 6) is 0. The maximum Gasteiger partial charge on any atom is 0.416 e. The van der Waals surface area contributed by atoms with Gasteiger partial charge in [-0.2, -0.15) is 26.3 Å². The van der Waals surface area contributed by atoms with E-state index >= 15 is 0 Å². The van der Waals surface area contributed by atoms with Crippen LogP contribution in [0.5, 0.6) is 0 Å². The Kier molecular flexibility index (Phi) is 6.48. The second kappa shape index (κ2) is 7.48. The van der Waals surface area contributed by atoms with Gasteiger partial charge in [0.05, 0.1) is 30.2 Å². The maximum absolute atomic E-state index is 12.9. The first kappa shape index (κ1) is 21.7. The van der Waals surface area contributed by atoms with Crippen molar-refractivity contribution in [3.05, 3.63) is 47.5 Å². The molecule has 0 radical (unpaired) electrons. The van der Waals surface area contributed by atoms with Crippen molar-refractivity contribution in [2.75, 3.05) is 13.3 Å². The summed E-state index contributed by atoms with van der Waals surface area (Å²) >= 11 is 0. The fourth-order valence-corrected chi connectivity index (χ4v) is 2.50. The summed E-state index contributed by atoms with van der Waals surface area (Å²) in [4.78, 5) is 0. The molecule has 3 atom stereocenters. The third-order valence-corrected chi connectivity index (χ3v) is 5.44. The Bertz CT molecular complexity index is 623. The van der Waals surface area contributed by atoms with Gasteiger partial charge in [0.25, 0.3) is 0 Å². The molecule has 2 N–H and O–H groups in total. The monoisotopic (exact) mass is 386 g/mol. The number of alkyl halides is 6. The molecule has 0 aromatic heterocycles. The summed E-state index contributed by atoms with van der Waals surface area (Å²) in [5.41, 5.74) is 3.02. The van der Waals surface area contributed by atoms with Crippen LogP contribution >= 0.6 is 7.55 Å². The second-order valence-electron chi connectivity index (χ2n) is 5.69. The van der Waals surface area contributed by atoms with Crippen molar-refractivity contribution in [2.24, 2.45) is 5.73 Å². The average molecular weight is 386 g/mol. The van der Waals surface area contributed by atoms with Crippen molar-refractivity contribution in [1.82, 2.24) is 0 Å². The summed E-state index contributed by atoms with van der Waals surface area (Å²) in [6.07, 6.45) is -5.59. The third-order valence-electron chi connectivity index (χ3n) is 3.71. The molecule has 2 nitrogen and oxygen atoms in total. The van der Waals surface area contributed by atoms with Crippen LogP contribution in [-0.4, -0.2) is 24.9 Å². The van der Waals surface area contributed by atoms with E-state index in [1.54, 1.807) is 6.66 Å². The largest absolute Gasteiger partial charge is 0.416 e. The number of ether oxygens (including phenoxy) is 1. The number of hydrogen-bond donors (Lipinski definition) is 1. The van der Waals surface area contributed by atoms with Crippen LogP contribution in [0.3, 0.4) is 0 Å².